The fourth-order valence-corrected chi connectivity index (χ4v) is 3.71. The van der Waals surface area contributed by atoms with E-state index in [2.05, 4.69) is 10.3 Å². The van der Waals surface area contributed by atoms with E-state index in [1.165, 1.54) is 0 Å². The molecule has 29 heavy (non-hydrogen) atoms. The number of imidazole rings is 1. The quantitative estimate of drug-likeness (QED) is 0.735. The predicted octanol–water partition coefficient (Wildman–Crippen LogP) is 3.97. The van der Waals surface area contributed by atoms with Gasteiger partial charge in [0.05, 0.1) is 23.0 Å². The highest BCUT2D eigenvalue weighted by atomic mass is 16.2. The first-order valence-corrected chi connectivity index (χ1v) is 9.92. The molecule has 2 heterocycles. The normalized spacial score (nSPS) is 13.9. The first-order valence-electron chi connectivity index (χ1n) is 9.92. The summed E-state index contributed by atoms with van der Waals surface area (Å²) in [7, 11) is 1.86. The van der Waals surface area contributed by atoms with Crippen molar-refractivity contribution in [1.29, 1.82) is 0 Å². The summed E-state index contributed by atoms with van der Waals surface area (Å²) in [5.41, 5.74) is 2.72. The lowest BCUT2D eigenvalue weighted by molar-refractivity contribution is 0.0720. The third kappa shape index (κ3) is 3.92. The SMILES string of the molecule is Cn1c(-c2ccccc2)cnc1NC(=O)c1ccccc1C(=O)N1CCCCC1. The Morgan fingerprint density at radius 1 is 0.897 bits per heavy atom. The van der Waals surface area contributed by atoms with Gasteiger partial charge in [0, 0.05) is 20.1 Å². The molecule has 2 amide bonds. The zero-order valence-electron chi connectivity index (χ0n) is 16.5. The summed E-state index contributed by atoms with van der Waals surface area (Å²) in [6.45, 7) is 1.49. The summed E-state index contributed by atoms with van der Waals surface area (Å²) in [6, 6.07) is 16.8. The Morgan fingerprint density at radius 3 is 2.28 bits per heavy atom. The van der Waals surface area contributed by atoms with Gasteiger partial charge in [-0.3, -0.25) is 14.9 Å². The number of nitrogens with one attached hydrogen (secondary N) is 1. The summed E-state index contributed by atoms with van der Waals surface area (Å²) in [5.74, 6) is 0.0219. The maximum absolute atomic E-state index is 13.0. The van der Waals surface area contributed by atoms with Crippen LogP contribution in [0.3, 0.4) is 0 Å². The number of benzene rings is 2. The minimum absolute atomic E-state index is 0.0831. The van der Waals surface area contributed by atoms with E-state index in [0.717, 1.165) is 43.6 Å². The molecule has 0 bridgehead atoms. The number of likely N-dealkylation sites (tertiary alicyclic amines) is 1. The topological polar surface area (TPSA) is 67.2 Å². The number of anilines is 1. The number of piperidine rings is 1. The van der Waals surface area contributed by atoms with Crippen molar-refractivity contribution in [2.24, 2.45) is 7.05 Å². The molecule has 1 aromatic heterocycles. The van der Waals surface area contributed by atoms with Crippen LogP contribution in [-0.4, -0.2) is 39.4 Å². The van der Waals surface area contributed by atoms with E-state index >= 15 is 0 Å². The third-order valence-corrected chi connectivity index (χ3v) is 5.33. The molecule has 6 nitrogen and oxygen atoms in total. The molecule has 6 heteroatoms. The Balaban J connectivity index is 1.57. The average Bonchev–Trinajstić information content (AvgIpc) is 3.14. The lowest BCUT2D eigenvalue weighted by atomic mass is 10.0. The molecule has 0 radical (unpaired) electrons. The van der Waals surface area contributed by atoms with Crippen LogP contribution >= 0.6 is 0 Å². The smallest absolute Gasteiger partial charge is 0.258 e. The van der Waals surface area contributed by atoms with Crippen molar-refractivity contribution in [3.8, 4) is 11.3 Å². The summed E-state index contributed by atoms with van der Waals surface area (Å²) >= 11 is 0. The average molecular weight is 388 g/mol. The fraction of sp³-hybridized carbons (Fsp3) is 0.261. The molecule has 1 aliphatic heterocycles. The van der Waals surface area contributed by atoms with Crippen molar-refractivity contribution in [2.45, 2.75) is 19.3 Å². The van der Waals surface area contributed by atoms with E-state index in [-0.39, 0.29) is 11.8 Å². The highest BCUT2D eigenvalue weighted by Crippen LogP contribution is 2.22. The number of carbonyl (C=O) groups is 2. The van der Waals surface area contributed by atoms with Crippen LogP contribution in [-0.2, 0) is 7.05 Å². The third-order valence-electron chi connectivity index (χ3n) is 5.33. The number of amides is 2. The molecule has 1 fully saturated rings. The van der Waals surface area contributed by atoms with Gasteiger partial charge >= 0.3 is 0 Å². The van der Waals surface area contributed by atoms with E-state index in [9.17, 15) is 9.59 Å². The van der Waals surface area contributed by atoms with Gasteiger partial charge in [0.25, 0.3) is 11.8 Å². The van der Waals surface area contributed by atoms with Gasteiger partial charge in [-0.15, -0.1) is 0 Å². The van der Waals surface area contributed by atoms with Crippen LogP contribution in [0.25, 0.3) is 11.3 Å². The summed E-state index contributed by atoms with van der Waals surface area (Å²) < 4.78 is 1.84. The molecular weight excluding hydrogens is 364 g/mol. The van der Waals surface area contributed by atoms with Gasteiger partial charge in [0.15, 0.2) is 0 Å². The highest BCUT2D eigenvalue weighted by molar-refractivity contribution is 6.11. The van der Waals surface area contributed by atoms with Gasteiger partial charge in [-0.2, -0.15) is 0 Å². The van der Waals surface area contributed by atoms with E-state index in [0.29, 0.717) is 17.1 Å². The molecule has 3 aromatic rings. The molecule has 1 N–H and O–H groups in total. The fourth-order valence-electron chi connectivity index (χ4n) is 3.71. The van der Waals surface area contributed by atoms with Crippen molar-refractivity contribution < 1.29 is 9.59 Å². The van der Waals surface area contributed by atoms with Crippen LogP contribution in [0, 0.1) is 0 Å². The molecule has 148 valence electrons. The number of hydrogen-bond acceptors (Lipinski definition) is 3. The number of aromatic nitrogens is 2. The first-order chi connectivity index (χ1) is 14.1. The summed E-state index contributed by atoms with van der Waals surface area (Å²) in [6.07, 6.45) is 4.90. The second-order valence-corrected chi connectivity index (χ2v) is 7.24. The standard InChI is InChI=1S/C23H24N4O2/c1-26-20(17-10-4-2-5-11-17)16-24-23(26)25-21(28)18-12-6-7-13-19(18)22(29)27-14-8-3-9-15-27/h2,4-7,10-13,16H,3,8-9,14-15H2,1H3,(H,24,25,28). The van der Waals surface area contributed by atoms with Crippen LogP contribution in [0.2, 0.25) is 0 Å². The van der Waals surface area contributed by atoms with Gasteiger partial charge < -0.3 is 9.47 Å². The zero-order chi connectivity index (χ0) is 20.2. The van der Waals surface area contributed by atoms with Crippen molar-refractivity contribution in [1.82, 2.24) is 14.5 Å². The summed E-state index contributed by atoms with van der Waals surface area (Å²) in [5, 5.41) is 2.86. The van der Waals surface area contributed by atoms with Crippen molar-refractivity contribution in [3.63, 3.8) is 0 Å². The molecule has 0 aliphatic carbocycles. The van der Waals surface area contributed by atoms with E-state index in [1.807, 2.05) is 46.8 Å². The predicted molar refractivity (Wildman–Crippen MR) is 113 cm³/mol. The lowest BCUT2D eigenvalue weighted by Gasteiger charge is -2.27. The minimum atomic E-state index is -0.334. The molecule has 0 unspecified atom stereocenters. The molecule has 0 saturated carbocycles. The molecule has 2 aromatic carbocycles. The molecule has 4 rings (SSSR count). The number of hydrogen-bond donors (Lipinski definition) is 1. The second-order valence-electron chi connectivity index (χ2n) is 7.24. The van der Waals surface area contributed by atoms with E-state index in [1.54, 1.807) is 30.5 Å². The Hall–Kier alpha value is -3.41. The van der Waals surface area contributed by atoms with E-state index < -0.39 is 0 Å². The lowest BCUT2D eigenvalue weighted by Crippen LogP contribution is -2.36. The van der Waals surface area contributed by atoms with Crippen molar-refractivity contribution >= 4 is 17.8 Å². The Labute approximate surface area is 170 Å². The van der Waals surface area contributed by atoms with Crippen LogP contribution in [0.4, 0.5) is 5.95 Å². The first kappa shape index (κ1) is 18.9. The van der Waals surface area contributed by atoms with Gasteiger partial charge in [-0.05, 0) is 37.0 Å². The highest BCUT2D eigenvalue weighted by Gasteiger charge is 2.23. The largest absolute Gasteiger partial charge is 0.339 e. The van der Waals surface area contributed by atoms with Crippen LogP contribution < -0.4 is 5.32 Å². The van der Waals surface area contributed by atoms with Gasteiger partial charge in [0.1, 0.15) is 0 Å². The minimum Gasteiger partial charge on any atom is -0.339 e. The van der Waals surface area contributed by atoms with Crippen molar-refractivity contribution in [3.05, 3.63) is 71.9 Å². The van der Waals surface area contributed by atoms with Gasteiger partial charge in [-0.1, -0.05) is 42.5 Å². The Kier molecular flexibility index (Phi) is 5.42. The Bertz CT molecular complexity index is 1020. The maximum atomic E-state index is 13.0. The molecule has 0 spiro atoms. The van der Waals surface area contributed by atoms with Crippen LogP contribution in [0.15, 0.2) is 60.8 Å². The van der Waals surface area contributed by atoms with Crippen LogP contribution in [0.5, 0.6) is 0 Å². The molecule has 0 atom stereocenters. The molecule has 1 saturated heterocycles. The maximum Gasteiger partial charge on any atom is 0.258 e. The van der Waals surface area contributed by atoms with Crippen molar-refractivity contribution in [2.75, 3.05) is 18.4 Å². The second kappa shape index (κ2) is 8.31. The zero-order valence-corrected chi connectivity index (χ0v) is 16.5. The Morgan fingerprint density at radius 2 is 1.55 bits per heavy atom. The van der Waals surface area contributed by atoms with Gasteiger partial charge in [-0.25, -0.2) is 4.98 Å². The van der Waals surface area contributed by atoms with Gasteiger partial charge in [0.2, 0.25) is 5.95 Å². The molecule has 1 aliphatic rings. The molecular formula is C23H24N4O2. The monoisotopic (exact) mass is 388 g/mol. The number of carbonyl (C=O) groups excluding carboxylic acids is 2. The summed E-state index contributed by atoms with van der Waals surface area (Å²) in [4.78, 5) is 32.1. The number of rotatable bonds is 4. The number of nitrogens with zero attached hydrogens (tertiary/aromatic N) is 3. The van der Waals surface area contributed by atoms with Crippen LogP contribution in [0.1, 0.15) is 40.0 Å². The van der Waals surface area contributed by atoms with E-state index in [4.69, 9.17) is 0 Å².